The van der Waals surface area contributed by atoms with Crippen LogP contribution in [0.2, 0.25) is 19.6 Å². The van der Waals surface area contributed by atoms with Crippen LogP contribution in [0.3, 0.4) is 0 Å². The van der Waals surface area contributed by atoms with Gasteiger partial charge in [-0.2, -0.15) is 5.10 Å². The van der Waals surface area contributed by atoms with Gasteiger partial charge in [0.25, 0.3) is 5.69 Å². The summed E-state index contributed by atoms with van der Waals surface area (Å²) in [6.45, 7) is 6.55. The maximum Gasteiger partial charge on any atom is 0.269 e. The SMILES string of the molecule is C[Si](C)(C)C#Cc1c(-c2ccc([N+](=O)[O-])cc2)cnc2cc(-c3ccccc3)nn12. The summed E-state index contributed by atoms with van der Waals surface area (Å²) >= 11 is 0. The molecule has 30 heavy (non-hydrogen) atoms. The third-order valence-electron chi connectivity index (χ3n) is 4.50. The van der Waals surface area contributed by atoms with Gasteiger partial charge in [-0.1, -0.05) is 55.9 Å². The zero-order valence-corrected chi connectivity index (χ0v) is 18.0. The largest absolute Gasteiger partial charge is 0.269 e. The van der Waals surface area contributed by atoms with E-state index in [4.69, 9.17) is 5.10 Å². The molecule has 0 atom stereocenters. The predicted molar refractivity (Wildman–Crippen MR) is 121 cm³/mol. The molecule has 0 bridgehead atoms. The predicted octanol–water partition coefficient (Wildman–Crippen LogP) is 5.20. The Morgan fingerprint density at radius 1 is 1.00 bits per heavy atom. The second-order valence-corrected chi connectivity index (χ2v) is 12.7. The van der Waals surface area contributed by atoms with Gasteiger partial charge in [0.15, 0.2) is 5.65 Å². The topological polar surface area (TPSA) is 73.3 Å². The van der Waals surface area contributed by atoms with Crippen LogP contribution < -0.4 is 0 Å². The lowest BCUT2D eigenvalue weighted by atomic mass is 10.1. The van der Waals surface area contributed by atoms with Crippen LogP contribution in [0.15, 0.2) is 66.9 Å². The lowest BCUT2D eigenvalue weighted by Gasteiger charge is -2.08. The highest BCUT2D eigenvalue weighted by atomic mass is 28.3. The number of non-ortho nitro benzene ring substituents is 1. The van der Waals surface area contributed by atoms with Gasteiger partial charge in [-0.3, -0.25) is 10.1 Å². The van der Waals surface area contributed by atoms with Crippen molar-refractivity contribution in [3.8, 4) is 33.8 Å². The van der Waals surface area contributed by atoms with E-state index in [-0.39, 0.29) is 5.69 Å². The normalized spacial score (nSPS) is 11.2. The van der Waals surface area contributed by atoms with Gasteiger partial charge in [0.2, 0.25) is 0 Å². The molecule has 0 aliphatic rings. The Hall–Kier alpha value is -3.76. The maximum absolute atomic E-state index is 11.0. The minimum absolute atomic E-state index is 0.0490. The van der Waals surface area contributed by atoms with E-state index in [9.17, 15) is 10.1 Å². The smallest absolute Gasteiger partial charge is 0.258 e. The van der Waals surface area contributed by atoms with Crippen LogP contribution in [0.1, 0.15) is 5.69 Å². The highest BCUT2D eigenvalue weighted by Gasteiger charge is 2.15. The Labute approximate surface area is 175 Å². The Morgan fingerprint density at radius 3 is 2.33 bits per heavy atom. The second-order valence-electron chi connectivity index (χ2n) is 7.99. The monoisotopic (exact) mass is 412 g/mol. The van der Waals surface area contributed by atoms with Gasteiger partial charge in [-0.25, -0.2) is 9.50 Å². The molecule has 0 spiro atoms. The highest BCUT2D eigenvalue weighted by Crippen LogP contribution is 2.27. The molecule has 0 saturated heterocycles. The molecule has 6 nitrogen and oxygen atoms in total. The Morgan fingerprint density at radius 2 is 1.70 bits per heavy atom. The fourth-order valence-corrected chi connectivity index (χ4v) is 3.52. The molecule has 0 radical (unpaired) electrons. The number of nitro groups is 1. The van der Waals surface area contributed by atoms with E-state index in [0.717, 1.165) is 28.1 Å². The lowest BCUT2D eigenvalue weighted by molar-refractivity contribution is -0.384. The number of nitro benzene ring substituents is 1. The Kier molecular flexibility index (Phi) is 4.94. The van der Waals surface area contributed by atoms with Crippen LogP contribution >= 0.6 is 0 Å². The first-order valence-corrected chi connectivity index (χ1v) is 13.0. The minimum atomic E-state index is -1.64. The van der Waals surface area contributed by atoms with Crippen molar-refractivity contribution in [1.29, 1.82) is 0 Å². The molecule has 2 aromatic heterocycles. The van der Waals surface area contributed by atoms with Crippen LogP contribution in [-0.4, -0.2) is 27.6 Å². The summed E-state index contributed by atoms with van der Waals surface area (Å²) < 4.78 is 1.77. The molecule has 7 heteroatoms. The van der Waals surface area contributed by atoms with Gasteiger partial charge < -0.3 is 0 Å². The average Bonchev–Trinajstić information content (AvgIpc) is 3.16. The first-order chi connectivity index (χ1) is 14.3. The molecule has 0 amide bonds. The van der Waals surface area contributed by atoms with Gasteiger partial charge in [-0.05, 0) is 17.7 Å². The molecule has 0 aliphatic carbocycles. The fourth-order valence-electron chi connectivity index (χ4n) is 3.02. The molecule has 0 aliphatic heterocycles. The van der Waals surface area contributed by atoms with Crippen molar-refractivity contribution in [1.82, 2.24) is 14.6 Å². The minimum Gasteiger partial charge on any atom is -0.258 e. The lowest BCUT2D eigenvalue weighted by Crippen LogP contribution is -2.16. The van der Waals surface area contributed by atoms with Crippen LogP contribution in [0.4, 0.5) is 5.69 Å². The Bertz CT molecular complexity index is 1290. The molecular weight excluding hydrogens is 392 g/mol. The molecule has 4 aromatic rings. The van der Waals surface area contributed by atoms with E-state index in [1.54, 1.807) is 22.8 Å². The number of hydrogen-bond acceptors (Lipinski definition) is 4. The third kappa shape index (κ3) is 3.99. The zero-order valence-electron chi connectivity index (χ0n) is 17.0. The average molecular weight is 413 g/mol. The highest BCUT2D eigenvalue weighted by molar-refractivity contribution is 6.83. The Balaban J connectivity index is 1.93. The molecule has 148 valence electrons. The maximum atomic E-state index is 11.0. The zero-order chi connectivity index (χ0) is 21.3. The third-order valence-corrected chi connectivity index (χ3v) is 5.37. The summed E-state index contributed by atoms with van der Waals surface area (Å²) in [6.07, 6.45) is 1.77. The van der Waals surface area contributed by atoms with Gasteiger partial charge in [-0.15, -0.1) is 5.54 Å². The van der Waals surface area contributed by atoms with Crippen molar-refractivity contribution in [3.63, 3.8) is 0 Å². The molecule has 0 N–H and O–H groups in total. The van der Waals surface area contributed by atoms with E-state index < -0.39 is 13.0 Å². The molecule has 2 aromatic carbocycles. The number of fused-ring (bicyclic) bond motifs is 1. The second kappa shape index (κ2) is 7.58. The summed E-state index contributed by atoms with van der Waals surface area (Å²) in [5, 5.41) is 15.8. The summed E-state index contributed by atoms with van der Waals surface area (Å²) in [5.41, 5.74) is 8.33. The summed E-state index contributed by atoms with van der Waals surface area (Å²) in [5.74, 6) is 3.34. The number of rotatable bonds is 3. The number of benzene rings is 2. The molecule has 0 saturated carbocycles. The van der Waals surface area contributed by atoms with Crippen LogP contribution in [-0.2, 0) is 0 Å². The van der Waals surface area contributed by atoms with E-state index in [1.807, 2.05) is 36.4 Å². The van der Waals surface area contributed by atoms with Crippen molar-refractivity contribution >= 4 is 19.4 Å². The first-order valence-electron chi connectivity index (χ1n) is 9.54. The van der Waals surface area contributed by atoms with Crippen molar-refractivity contribution in [2.24, 2.45) is 0 Å². The van der Waals surface area contributed by atoms with Gasteiger partial charge in [0.1, 0.15) is 13.8 Å². The summed E-state index contributed by atoms with van der Waals surface area (Å²) in [7, 11) is -1.64. The number of nitrogens with zero attached hydrogens (tertiary/aromatic N) is 4. The molecule has 4 rings (SSSR count). The van der Waals surface area contributed by atoms with E-state index >= 15 is 0 Å². The van der Waals surface area contributed by atoms with E-state index in [1.165, 1.54) is 12.1 Å². The summed E-state index contributed by atoms with van der Waals surface area (Å²) in [4.78, 5) is 15.2. The van der Waals surface area contributed by atoms with E-state index in [0.29, 0.717) is 5.65 Å². The van der Waals surface area contributed by atoms with Crippen LogP contribution in [0.5, 0.6) is 0 Å². The van der Waals surface area contributed by atoms with Crippen LogP contribution in [0.25, 0.3) is 28.0 Å². The van der Waals surface area contributed by atoms with Gasteiger partial charge in [0, 0.05) is 35.5 Å². The first kappa shape index (κ1) is 19.5. The number of hydrogen-bond donors (Lipinski definition) is 0. The fraction of sp³-hybridized carbons (Fsp3) is 0.130. The molecule has 2 heterocycles. The van der Waals surface area contributed by atoms with Gasteiger partial charge >= 0.3 is 0 Å². The number of aromatic nitrogens is 3. The van der Waals surface area contributed by atoms with Gasteiger partial charge in [0.05, 0.1) is 10.6 Å². The quantitative estimate of drug-likeness (QED) is 0.201. The molecule has 0 unspecified atom stereocenters. The van der Waals surface area contributed by atoms with Crippen LogP contribution in [0, 0.1) is 21.6 Å². The van der Waals surface area contributed by atoms with Crippen molar-refractivity contribution in [3.05, 3.63) is 82.7 Å². The molecule has 0 fully saturated rings. The summed E-state index contributed by atoms with van der Waals surface area (Å²) in [6, 6.07) is 18.3. The van der Waals surface area contributed by atoms with Crippen molar-refractivity contribution < 1.29 is 4.92 Å². The van der Waals surface area contributed by atoms with Crippen molar-refractivity contribution in [2.75, 3.05) is 0 Å². The van der Waals surface area contributed by atoms with Crippen molar-refractivity contribution in [2.45, 2.75) is 19.6 Å². The van der Waals surface area contributed by atoms with E-state index in [2.05, 4.69) is 36.1 Å². The standard InChI is InChI=1S/C23H20N4O2Si/c1-30(2,3)14-13-22-20(17-9-11-19(12-10-17)27(28)29)16-24-23-15-21(25-26(22)23)18-7-5-4-6-8-18/h4-12,15-16H,1-3H3. The molecular formula is C23H20N4O2Si.